The van der Waals surface area contributed by atoms with Gasteiger partial charge in [-0.15, -0.1) is 6.58 Å². The number of hydrogen-bond donors (Lipinski definition) is 1. The minimum atomic E-state index is -0.105. The number of carbonyl (C=O) groups excluding carboxylic acids is 2. The third-order valence-electron chi connectivity index (χ3n) is 4.99. The quantitative estimate of drug-likeness (QED) is 0.703. The first-order chi connectivity index (χ1) is 13.5. The minimum Gasteiger partial charge on any atom is -0.497 e. The maximum atomic E-state index is 13.0. The monoisotopic (exact) mass is 378 g/mol. The second kappa shape index (κ2) is 8.74. The van der Waals surface area contributed by atoms with Crippen molar-refractivity contribution in [1.29, 1.82) is 0 Å². The third-order valence-corrected chi connectivity index (χ3v) is 4.99. The molecule has 1 aliphatic carbocycles. The topological polar surface area (TPSA) is 58.6 Å². The second-order valence-electron chi connectivity index (χ2n) is 7.21. The predicted octanol–water partition coefficient (Wildman–Crippen LogP) is 4.12. The highest BCUT2D eigenvalue weighted by molar-refractivity contribution is 5.98. The van der Waals surface area contributed by atoms with Gasteiger partial charge in [0.15, 0.2) is 0 Å². The van der Waals surface area contributed by atoms with Crippen molar-refractivity contribution < 1.29 is 14.3 Å². The summed E-state index contributed by atoms with van der Waals surface area (Å²) in [5, 5.41) is 2.92. The summed E-state index contributed by atoms with van der Waals surface area (Å²) in [6, 6.07) is 14.7. The molecule has 2 aromatic carbocycles. The summed E-state index contributed by atoms with van der Waals surface area (Å²) >= 11 is 0. The number of ether oxygens (including phenoxy) is 1. The molecule has 1 aliphatic rings. The number of carbonyl (C=O) groups is 2. The van der Waals surface area contributed by atoms with Crippen molar-refractivity contribution in [2.24, 2.45) is 11.8 Å². The molecule has 0 bridgehead atoms. The van der Waals surface area contributed by atoms with Crippen molar-refractivity contribution >= 4 is 17.5 Å². The smallest absolute Gasteiger partial charge is 0.254 e. The van der Waals surface area contributed by atoms with Crippen LogP contribution in [0.15, 0.2) is 61.2 Å². The summed E-state index contributed by atoms with van der Waals surface area (Å²) in [6.45, 7) is 6.73. The number of amides is 2. The molecule has 0 radical (unpaired) electrons. The van der Waals surface area contributed by atoms with Crippen LogP contribution in [-0.2, 0) is 11.3 Å². The lowest BCUT2D eigenvalue weighted by atomic mass is 10.1. The zero-order chi connectivity index (χ0) is 20.1. The molecule has 28 heavy (non-hydrogen) atoms. The predicted molar refractivity (Wildman–Crippen MR) is 110 cm³/mol. The van der Waals surface area contributed by atoms with Crippen molar-refractivity contribution in [3.8, 4) is 5.75 Å². The molecule has 0 aliphatic heterocycles. The number of benzene rings is 2. The number of nitrogens with zero attached hydrogens (tertiary/aromatic N) is 1. The number of hydrogen-bond acceptors (Lipinski definition) is 3. The van der Waals surface area contributed by atoms with E-state index in [2.05, 4.69) is 18.8 Å². The molecule has 1 saturated carbocycles. The van der Waals surface area contributed by atoms with E-state index < -0.39 is 0 Å². The second-order valence-corrected chi connectivity index (χ2v) is 7.21. The van der Waals surface area contributed by atoms with E-state index in [-0.39, 0.29) is 17.7 Å². The standard InChI is InChI=1S/C23H26N2O3/c1-4-12-25(15-17-8-10-20(28-3)11-9-17)23(27)18-6-5-7-19(14-18)24-22(26)21-13-16(21)2/h4-11,14,16,21H,1,12-13,15H2,2-3H3,(H,24,26). The molecule has 2 amide bonds. The summed E-state index contributed by atoms with van der Waals surface area (Å²) in [4.78, 5) is 26.9. The van der Waals surface area contributed by atoms with Crippen LogP contribution in [-0.4, -0.2) is 30.4 Å². The highest BCUT2D eigenvalue weighted by Crippen LogP contribution is 2.38. The van der Waals surface area contributed by atoms with E-state index in [1.807, 2.05) is 30.3 Å². The Balaban J connectivity index is 1.72. The molecular formula is C23H26N2O3. The number of rotatable bonds is 8. The van der Waals surface area contributed by atoms with Crippen LogP contribution in [0.25, 0.3) is 0 Å². The van der Waals surface area contributed by atoms with Gasteiger partial charge in [0.2, 0.25) is 5.91 Å². The Kier molecular flexibility index (Phi) is 6.14. The molecule has 146 valence electrons. The summed E-state index contributed by atoms with van der Waals surface area (Å²) in [7, 11) is 1.62. The molecule has 1 fully saturated rings. The van der Waals surface area contributed by atoms with Gasteiger partial charge in [-0.1, -0.05) is 31.2 Å². The summed E-state index contributed by atoms with van der Waals surface area (Å²) in [5.74, 6) is 1.23. The van der Waals surface area contributed by atoms with Gasteiger partial charge < -0.3 is 15.0 Å². The van der Waals surface area contributed by atoms with Gasteiger partial charge in [0.05, 0.1) is 7.11 Å². The van der Waals surface area contributed by atoms with E-state index in [1.165, 1.54) is 0 Å². The zero-order valence-electron chi connectivity index (χ0n) is 16.4. The fourth-order valence-corrected chi connectivity index (χ4v) is 3.16. The Labute approximate surface area is 166 Å². The van der Waals surface area contributed by atoms with Crippen molar-refractivity contribution in [1.82, 2.24) is 4.90 Å². The minimum absolute atomic E-state index is 0.0262. The van der Waals surface area contributed by atoms with E-state index in [4.69, 9.17) is 4.74 Å². The molecule has 2 unspecified atom stereocenters. The van der Waals surface area contributed by atoms with Gasteiger partial charge in [-0.05, 0) is 48.2 Å². The maximum Gasteiger partial charge on any atom is 0.254 e. The van der Waals surface area contributed by atoms with Crippen molar-refractivity contribution in [3.05, 3.63) is 72.3 Å². The van der Waals surface area contributed by atoms with E-state index in [0.717, 1.165) is 17.7 Å². The molecular weight excluding hydrogens is 352 g/mol. The van der Waals surface area contributed by atoms with Gasteiger partial charge in [0.1, 0.15) is 5.75 Å². The molecule has 2 aromatic rings. The van der Waals surface area contributed by atoms with Crippen LogP contribution in [0.1, 0.15) is 29.3 Å². The van der Waals surface area contributed by atoms with E-state index in [0.29, 0.717) is 30.3 Å². The Morgan fingerprint density at radius 1 is 1.25 bits per heavy atom. The molecule has 2 atom stereocenters. The fraction of sp³-hybridized carbons (Fsp3) is 0.304. The third kappa shape index (κ3) is 4.80. The van der Waals surface area contributed by atoms with Gasteiger partial charge in [-0.3, -0.25) is 9.59 Å². The highest BCUT2D eigenvalue weighted by Gasteiger charge is 2.39. The summed E-state index contributed by atoms with van der Waals surface area (Å²) < 4.78 is 5.18. The van der Waals surface area contributed by atoms with Gasteiger partial charge in [0, 0.05) is 30.3 Å². The van der Waals surface area contributed by atoms with E-state index in [1.54, 1.807) is 36.3 Å². The molecule has 5 nitrogen and oxygen atoms in total. The number of nitrogens with one attached hydrogen (secondary N) is 1. The van der Waals surface area contributed by atoms with Crippen LogP contribution in [0, 0.1) is 11.8 Å². The Bertz CT molecular complexity index is 860. The largest absolute Gasteiger partial charge is 0.497 e. The SMILES string of the molecule is C=CCN(Cc1ccc(OC)cc1)C(=O)c1cccc(NC(=O)C2CC2C)c1. The molecule has 1 N–H and O–H groups in total. The molecule has 0 heterocycles. The average molecular weight is 378 g/mol. The highest BCUT2D eigenvalue weighted by atomic mass is 16.5. The van der Waals surface area contributed by atoms with E-state index >= 15 is 0 Å². The lowest BCUT2D eigenvalue weighted by Crippen LogP contribution is -2.30. The molecule has 0 saturated heterocycles. The number of anilines is 1. The van der Waals surface area contributed by atoms with Crippen LogP contribution in [0.2, 0.25) is 0 Å². The Morgan fingerprint density at radius 3 is 2.57 bits per heavy atom. The molecule has 0 spiro atoms. The van der Waals surface area contributed by atoms with Crippen molar-refractivity contribution in [2.75, 3.05) is 19.0 Å². The molecule has 0 aromatic heterocycles. The van der Waals surface area contributed by atoms with Crippen LogP contribution < -0.4 is 10.1 Å². The first kappa shape index (κ1) is 19.7. The van der Waals surface area contributed by atoms with Gasteiger partial charge in [0.25, 0.3) is 5.91 Å². The molecule has 5 heteroatoms. The Hall–Kier alpha value is -3.08. The van der Waals surface area contributed by atoms with Gasteiger partial charge >= 0.3 is 0 Å². The zero-order valence-corrected chi connectivity index (χ0v) is 16.4. The first-order valence-corrected chi connectivity index (χ1v) is 9.46. The average Bonchev–Trinajstić information content (AvgIpc) is 3.45. The normalized spacial score (nSPS) is 17.5. The van der Waals surface area contributed by atoms with Crippen molar-refractivity contribution in [3.63, 3.8) is 0 Å². The summed E-state index contributed by atoms with van der Waals surface area (Å²) in [6.07, 6.45) is 2.64. The fourth-order valence-electron chi connectivity index (χ4n) is 3.16. The van der Waals surface area contributed by atoms with Crippen LogP contribution in [0.4, 0.5) is 5.69 Å². The number of methoxy groups -OCH3 is 1. The van der Waals surface area contributed by atoms with Crippen LogP contribution in [0.5, 0.6) is 5.75 Å². The van der Waals surface area contributed by atoms with E-state index in [9.17, 15) is 9.59 Å². The van der Waals surface area contributed by atoms with Crippen molar-refractivity contribution in [2.45, 2.75) is 19.9 Å². The van der Waals surface area contributed by atoms with Gasteiger partial charge in [-0.2, -0.15) is 0 Å². The maximum absolute atomic E-state index is 13.0. The van der Waals surface area contributed by atoms with Crippen LogP contribution >= 0.6 is 0 Å². The molecule has 3 rings (SSSR count). The first-order valence-electron chi connectivity index (χ1n) is 9.46. The lowest BCUT2D eigenvalue weighted by Gasteiger charge is -2.22. The lowest BCUT2D eigenvalue weighted by molar-refractivity contribution is -0.117. The Morgan fingerprint density at radius 2 is 1.96 bits per heavy atom. The van der Waals surface area contributed by atoms with Crippen LogP contribution in [0.3, 0.4) is 0 Å². The van der Waals surface area contributed by atoms with Gasteiger partial charge in [-0.25, -0.2) is 0 Å². The summed E-state index contributed by atoms with van der Waals surface area (Å²) in [5.41, 5.74) is 2.19.